The molecule has 0 amide bonds. The monoisotopic (exact) mass is 264 g/mol. The maximum Gasteiger partial charge on any atom is 0.146 e. The van der Waals surface area contributed by atoms with Crippen LogP contribution in [0, 0.1) is 5.82 Å². The summed E-state index contributed by atoms with van der Waals surface area (Å²) in [5.74, 6) is -0.138. The molecule has 0 radical (unpaired) electrons. The summed E-state index contributed by atoms with van der Waals surface area (Å²) in [7, 11) is 1.86. The molecule has 2 bridgehead atoms. The molecule has 19 heavy (non-hydrogen) atoms. The lowest BCUT2D eigenvalue weighted by molar-refractivity contribution is 0.126. The average Bonchev–Trinajstić information content (AvgIpc) is 2.63. The number of aliphatic hydroxyl groups excluding tert-OH is 1. The third-order valence-electron chi connectivity index (χ3n) is 4.38. The number of piperidine rings is 1. The summed E-state index contributed by atoms with van der Waals surface area (Å²) in [5.41, 5.74) is 1.67. The van der Waals surface area contributed by atoms with E-state index < -0.39 is 0 Å². The minimum absolute atomic E-state index is 0.138. The lowest BCUT2D eigenvalue weighted by Gasteiger charge is -2.39. The van der Waals surface area contributed by atoms with E-state index in [9.17, 15) is 9.50 Å². The molecule has 104 valence electrons. The fourth-order valence-electron chi connectivity index (χ4n) is 3.62. The Labute approximate surface area is 113 Å². The second-order valence-electron chi connectivity index (χ2n) is 5.73. The largest absolute Gasteiger partial charge is 0.393 e. The highest BCUT2D eigenvalue weighted by molar-refractivity contribution is 5.53. The van der Waals surface area contributed by atoms with Crippen LogP contribution in [0.5, 0.6) is 0 Å². The van der Waals surface area contributed by atoms with Gasteiger partial charge >= 0.3 is 0 Å². The van der Waals surface area contributed by atoms with Gasteiger partial charge in [-0.1, -0.05) is 6.07 Å². The van der Waals surface area contributed by atoms with Gasteiger partial charge in [-0.15, -0.1) is 0 Å². The minimum atomic E-state index is -0.208. The third-order valence-corrected chi connectivity index (χ3v) is 4.38. The normalized spacial score (nSPS) is 29.8. The highest BCUT2D eigenvalue weighted by atomic mass is 19.1. The van der Waals surface area contributed by atoms with Gasteiger partial charge in [-0.25, -0.2) is 4.39 Å². The molecular formula is C15H21FN2O. The Morgan fingerprint density at radius 1 is 1.32 bits per heavy atom. The molecule has 0 aromatic heterocycles. The molecule has 1 aromatic carbocycles. The van der Waals surface area contributed by atoms with Crippen molar-refractivity contribution in [1.29, 1.82) is 0 Å². The fourth-order valence-corrected chi connectivity index (χ4v) is 3.62. The highest BCUT2D eigenvalue weighted by Crippen LogP contribution is 2.40. The maximum atomic E-state index is 14.3. The van der Waals surface area contributed by atoms with E-state index in [1.165, 1.54) is 0 Å². The van der Waals surface area contributed by atoms with Crippen molar-refractivity contribution in [3.05, 3.63) is 29.6 Å². The van der Waals surface area contributed by atoms with Gasteiger partial charge in [0.1, 0.15) is 5.82 Å². The molecular weight excluding hydrogens is 243 g/mol. The molecule has 0 spiro atoms. The van der Waals surface area contributed by atoms with E-state index in [0.717, 1.165) is 31.2 Å². The van der Waals surface area contributed by atoms with Crippen LogP contribution in [0.3, 0.4) is 0 Å². The summed E-state index contributed by atoms with van der Waals surface area (Å²) in [5, 5.41) is 12.8. The van der Waals surface area contributed by atoms with Gasteiger partial charge in [0.2, 0.25) is 0 Å². The summed E-state index contributed by atoms with van der Waals surface area (Å²) in [6.07, 6.45) is 3.47. The third kappa shape index (κ3) is 2.35. The Morgan fingerprint density at radius 2 is 2.00 bits per heavy atom. The first-order valence-electron chi connectivity index (χ1n) is 7.08. The molecule has 1 aromatic rings. The van der Waals surface area contributed by atoms with E-state index in [1.807, 2.05) is 19.2 Å². The summed E-state index contributed by atoms with van der Waals surface area (Å²) in [6.45, 7) is 0.683. The molecule has 2 aliphatic rings. The van der Waals surface area contributed by atoms with Crippen LogP contribution in [-0.4, -0.2) is 30.3 Å². The first-order valence-corrected chi connectivity index (χ1v) is 7.08. The summed E-state index contributed by atoms with van der Waals surface area (Å²) < 4.78 is 14.3. The molecule has 0 saturated carbocycles. The number of hydrogen-bond acceptors (Lipinski definition) is 3. The van der Waals surface area contributed by atoms with Crippen molar-refractivity contribution in [3.8, 4) is 0 Å². The Morgan fingerprint density at radius 3 is 2.58 bits per heavy atom. The smallest absolute Gasteiger partial charge is 0.146 e. The van der Waals surface area contributed by atoms with E-state index in [1.54, 1.807) is 6.07 Å². The van der Waals surface area contributed by atoms with Crippen LogP contribution in [0.15, 0.2) is 18.2 Å². The second-order valence-corrected chi connectivity index (χ2v) is 5.73. The SMILES string of the molecule is CNCc1ccc(N2C3CCC2CC(O)C3)c(F)c1. The van der Waals surface area contributed by atoms with Crippen molar-refractivity contribution < 1.29 is 9.50 Å². The zero-order chi connectivity index (χ0) is 13.4. The minimum Gasteiger partial charge on any atom is -0.393 e. The van der Waals surface area contributed by atoms with Crippen molar-refractivity contribution in [3.63, 3.8) is 0 Å². The molecule has 2 atom stereocenters. The van der Waals surface area contributed by atoms with Gasteiger partial charge in [-0.3, -0.25) is 0 Å². The van der Waals surface area contributed by atoms with E-state index in [2.05, 4.69) is 10.2 Å². The predicted molar refractivity (Wildman–Crippen MR) is 73.7 cm³/mol. The zero-order valence-electron chi connectivity index (χ0n) is 11.3. The number of nitrogens with one attached hydrogen (secondary N) is 1. The van der Waals surface area contributed by atoms with E-state index in [-0.39, 0.29) is 11.9 Å². The highest BCUT2D eigenvalue weighted by Gasteiger charge is 2.41. The molecule has 2 unspecified atom stereocenters. The number of fused-ring (bicyclic) bond motifs is 2. The van der Waals surface area contributed by atoms with Crippen LogP contribution < -0.4 is 10.2 Å². The Balaban J connectivity index is 1.86. The number of benzene rings is 1. The van der Waals surface area contributed by atoms with Crippen LogP contribution in [0.1, 0.15) is 31.2 Å². The van der Waals surface area contributed by atoms with Crippen LogP contribution in [-0.2, 0) is 6.54 Å². The summed E-state index contributed by atoms with van der Waals surface area (Å²) in [4.78, 5) is 2.20. The van der Waals surface area contributed by atoms with Crippen LogP contribution in [0.2, 0.25) is 0 Å². The van der Waals surface area contributed by atoms with Crippen LogP contribution in [0.4, 0.5) is 10.1 Å². The van der Waals surface area contributed by atoms with Gasteiger partial charge in [-0.05, 0) is 50.4 Å². The molecule has 2 fully saturated rings. The number of rotatable bonds is 3. The Bertz CT molecular complexity index is 451. The molecule has 3 nitrogen and oxygen atoms in total. The van der Waals surface area contributed by atoms with Gasteiger partial charge < -0.3 is 15.3 Å². The predicted octanol–water partition coefficient (Wildman–Crippen LogP) is 2.04. The molecule has 2 N–H and O–H groups in total. The van der Waals surface area contributed by atoms with Gasteiger partial charge in [0.05, 0.1) is 11.8 Å². The van der Waals surface area contributed by atoms with Crippen molar-refractivity contribution in [2.75, 3.05) is 11.9 Å². The van der Waals surface area contributed by atoms with Gasteiger partial charge in [0.15, 0.2) is 0 Å². The van der Waals surface area contributed by atoms with E-state index in [0.29, 0.717) is 24.3 Å². The summed E-state index contributed by atoms with van der Waals surface area (Å²) >= 11 is 0. The lowest BCUT2D eigenvalue weighted by Crippen LogP contribution is -2.45. The standard InChI is InChI=1S/C15H21FN2O/c1-17-9-10-2-5-15(14(16)6-10)18-11-3-4-12(18)8-13(19)7-11/h2,5-6,11-13,17,19H,3-4,7-9H2,1H3. The van der Waals surface area contributed by atoms with Crippen LogP contribution in [0.25, 0.3) is 0 Å². The molecule has 4 heteroatoms. The molecule has 2 heterocycles. The fraction of sp³-hybridized carbons (Fsp3) is 0.600. The van der Waals surface area contributed by atoms with Gasteiger partial charge in [0.25, 0.3) is 0 Å². The van der Waals surface area contributed by atoms with Crippen LogP contribution >= 0.6 is 0 Å². The Kier molecular flexibility index (Phi) is 3.46. The lowest BCUT2D eigenvalue weighted by atomic mass is 9.98. The number of anilines is 1. The second kappa shape index (κ2) is 5.10. The topological polar surface area (TPSA) is 35.5 Å². The van der Waals surface area contributed by atoms with Crippen molar-refractivity contribution in [1.82, 2.24) is 5.32 Å². The first kappa shape index (κ1) is 12.9. The maximum absolute atomic E-state index is 14.3. The molecule has 2 saturated heterocycles. The van der Waals surface area contributed by atoms with E-state index >= 15 is 0 Å². The van der Waals surface area contributed by atoms with Crippen molar-refractivity contribution in [2.24, 2.45) is 0 Å². The molecule has 3 rings (SSSR count). The number of halogens is 1. The quantitative estimate of drug-likeness (QED) is 0.877. The van der Waals surface area contributed by atoms with Crippen molar-refractivity contribution in [2.45, 2.75) is 50.4 Å². The van der Waals surface area contributed by atoms with Gasteiger partial charge in [0, 0.05) is 18.6 Å². The first-order chi connectivity index (χ1) is 9.19. The van der Waals surface area contributed by atoms with Crippen molar-refractivity contribution >= 4 is 5.69 Å². The van der Waals surface area contributed by atoms with E-state index in [4.69, 9.17) is 0 Å². The summed E-state index contributed by atoms with van der Waals surface area (Å²) in [6, 6.07) is 6.11. The number of nitrogens with zero attached hydrogens (tertiary/aromatic N) is 1. The van der Waals surface area contributed by atoms with Gasteiger partial charge in [-0.2, -0.15) is 0 Å². The number of aliphatic hydroxyl groups is 1. The zero-order valence-corrected chi connectivity index (χ0v) is 11.3. The average molecular weight is 264 g/mol. The number of hydrogen-bond donors (Lipinski definition) is 2. The Hall–Kier alpha value is -1.13. The molecule has 2 aliphatic heterocycles. The molecule has 0 aliphatic carbocycles.